The molecule has 22 heavy (non-hydrogen) atoms. The molecule has 2 fully saturated rings. The number of non-ortho nitro benzene ring substituents is 1. The Hall–Kier alpha value is -1.99. The van der Waals surface area contributed by atoms with Crippen molar-refractivity contribution in [3.63, 3.8) is 0 Å². The van der Waals surface area contributed by atoms with Gasteiger partial charge >= 0.3 is 0 Å². The van der Waals surface area contributed by atoms with Gasteiger partial charge in [-0.1, -0.05) is 12.1 Å². The molecule has 1 amide bonds. The summed E-state index contributed by atoms with van der Waals surface area (Å²) in [6, 6.07) is 6.11. The Morgan fingerprint density at radius 2 is 1.77 bits per heavy atom. The minimum absolute atomic E-state index is 0.0294. The summed E-state index contributed by atoms with van der Waals surface area (Å²) < 4.78 is 11.3. The average Bonchev–Trinajstić information content (AvgIpc) is 2.96. The third-order valence-corrected chi connectivity index (χ3v) is 4.19. The number of rotatable bonds is 3. The van der Waals surface area contributed by atoms with E-state index in [1.807, 2.05) is 0 Å². The number of carbonyl (C=O) groups excluding carboxylic acids is 1. The molecule has 0 unspecified atom stereocenters. The van der Waals surface area contributed by atoms with Gasteiger partial charge in [0.05, 0.1) is 24.6 Å². The van der Waals surface area contributed by atoms with E-state index in [0.29, 0.717) is 39.1 Å². The maximum absolute atomic E-state index is 12.3. The molecule has 2 saturated heterocycles. The van der Waals surface area contributed by atoms with Gasteiger partial charge in [-0.2, -0.15) is 0 Å². The van der Waals surface area contributed by atoms with Crippen LogP contribution in [0.4, 0.5) is 5.69 Å². The van der Waals surface area contributed by atoms with Crippen molar-refractivity contribution in [1.82, 2.24) is 4.90 Å². The van der Waals surface area contributed by atoms with Crippen LogP contribution in [-0.4, -0.2) is 47.8 Å². The molecule has 1 spiro atoms. The molecule has 0 bridgehead atoms. The highest BCUT2D eigenvalue weighted by Crippen LogP contribution is 2.31. The summed E-state index contributed by atoms with van der Waals surface area (Å²) in [5, 5.41) is 10.6. The maximum atomic E-state index is 12.3. The van der Waals surface area contributed by atoms with Gasteiger partial charge in [0, 0.05) is 38.1 Å². The lowest BCUT2D eigenvalue weighted by atomic mass is 10.0. The quantitative estimate of drug-likeness (QED) is 0.624. The van der Waals surface area contributed by atoms with Crippen LogP contribution >= 0.6 is 0 Å². The van der Waals surface area contributed by atoms with Gasteiger partial charge in [-0.25, -0.2) is 0 Å². The van der Waals surface area contributed by atoms with E-state index in [0.717, 1.165) is 5.56 Å². The zero-order valence-corrected chi connectivity index (χ0v) is 12.2. The first kappa shape index (κ1) is 14.9. The Kier molecular flexibility index (Phi) is 4.08. The zero-order chi connectivity index (χ0) is 15.6. The van der Waals surface area contributed by atoms with Crippen molar-refractivity contribution in [2.24, 2.45) is 0 Å². The van der Waals surface area contributed by atoms with E-state index < -0.39 is 10.7 Å². The molecule has 0 saturated carbocycles. The number of benzene rings is 1. The monoisotopic (exact) mass is 306 g/mol. The van der Waals surface area contributed by atoms with Crippen molar-refractivity contribution in [3.05, 3.63) is 39.9 Å². The Labute approximate surface area is 128 Å². The molecular weight excluding hydrogens is 288 g/mol. The highest BCUT2D eigenvalue weighted by molar-refractivity contribution is 5.79. The second kappa shape index (κ2) is 6.02. The number of carbonyl (C=O) groups is 1. The molecule has 3 rings (SSSR count). The summed E-state index contributed by atoms with van der Waals surface area (Å²) in [6.45, 7) is 2.48. The summed E-state index contributed by atoms with van der Waals surface area (Å²) in [5.74, 6) is -0.453. The fraction of sp³-hybridized carbons (Fsp3) is 0.533. The predicted octanol–water partition coefficient (Wildman–Crippen LogP) is 1.50. The van der Waals surface area contributed by atoms with E-state index in [1.54, 1.807) is 17.0 Å². The highest BCUT2D eigenvalue weighted by atomic mass is 16.7. The molecule has 2 aliphatic rings. The van der Waals surface area contributed by atoms with Gasteiger partial charge in [0.1, 0.15) is 0 Å². The zero-order valence-electron chi connectivity index (χ0n) is 12.2. The fourth-order valence-corrected chi connectivity index (χ4v) is 2.90. The molecule has 0 aliphatic carbocycles. The van der Waals surface area contributed by atoms with E-state index in [4.69, 9.17) is 9.47 Å². The van der Waals surface area contributed by atoms with Gasteiger partial charge in [0.2, 0.25) is 5.91 Å². The number of likely N-dealkylation sites (tertiary alicyclic amines) is 1. The van der Waals surface area contributed by atoms with Gasteiger partial charge in [-0.3, -0.25) is 14.9 Å². The fourth-order valence-electron chi connectivity index (χ4n) is 2.90. The van der Waals surface area contributed by atoms with Crippen LogP contribution in [0, 0.1) is 10.1 Å². The lowest BCUT2D eigenvalue weighted by Gasteiger charge is -2.37. The first-order valence-corrected chi connectivity index (χ1v) is 7.37. The minimum Gasteiger partial charge on any atom is -0.347 e. The SMILES string of the molecule is O=C(Cc1ccc([N+](=O)[O-])cc1)N1CCC2(CC1)OCCO2. The van der Waals surface area contributed by atoms with Crippen molar-refractivity contribution in [2.45, 2.75) is 25.0 Å². The van der Waals surface area contributed by atoms with Gasteiger partial charge in [-0.05, 0) is 5.56 Å². The Morgan fingerprint density at radius 1 is 1.18 bits per heavy atom. The molecular formula is C15H18N2O5. The molecule has 7 nitrogen and oxygen atoms in total. The molecule has 0 N–H and O–H groups in total. The Balaban J connectivity index is 1.55. The third-order valence-electron chi connectivity index (χ3n) is 4.19. The molecule has 7 heteroatoms. The minimum atomic E-state index is -0.482. The van der Waals surface area contributed by atoms with Gasteiger partial charge in [0.15, 0.2) is 5.79 Å². The van der Waals surface area contributed by atoms with E-state index in [1.165, 1.54) is 12.1 Å². The summed E-state index contributed by atoms with van der Waals surface area (Å²) in [6.07, 6.45) is 1.64. The molecule has 118 valence electrons. The first-order valence-electron chi connectivity index (χ1n) is 7.37. The van der Waals surface area contributed by atoms with E-state index in [2.05, 4.69) is 0 Å². The van der Waals surface area contributed by atoms with Crippen LogP contribution in [0.3, 0.4) is 0 Å². The number of nitro groups is 1. The van der Waals surface area contributed by atoms with Crippen molar-refractivity contribution in [3.8, 4) is 0 Å². The molecule has 0 aromatic heterocycles. The summed E-state index contributed by atoms with van der Waals surface area (Å²) >= 11 is 0. The lowest BCUT2D eigenvalue weighted by Crippen LogP contribution is -2.47. The molecule has 0 atom stereocenters. The maximum Gasteiger partial charge on any atom is 0.269 e. The van der Waals surface area contributed by atoms with Crippen LogP contribution < -0.4 is 0 Å². The first-order chi connectivity index (χ1) is 10.6. The largest absolute Gasteiger partial charge is 0.347 e. The standard InChI is InChI=1S/C15H18N2O5/c18-14(11-12-1-3-13(4-2-12)17(19)20)16-7-5-15(6-8-16)21-9-10-22-15/h1-4H,5-11H2. The number of nitro benzene ring substituents is 1. The van der Waals surface area contributed by atoms with Crippen LogP contribution in [0.25, 0.3) is 0 Å². The molecule has 0 radical (unpaired) electrons. The van der Waals surface area contributed by atoms with E-state index in [-0.39, 0.29) is 18.0 Å². The van der Waals surface area contributed by atoms with Crippen LogP contribution in [0.15, 0.2) is 24.3 Å². The van der Waals surface area contributed by atoms with Gasteiger partial charge < -0.3 is 14.4 Å². The molecule has 2 aliphatic heterocycles. The van der Waals surface area contributed by atoms with E-state index in [9.17, 15) is 14.9 Å². The second-order valence-electron chi connectivity index (χ2n) is 5.59. The third kappa shape index (κ3) is 3.10. The number of amides is 1. The van der Waals surface area contributed by atoms with Crippen LogP contribution in [0.5, 0.6) is 0 Å². The Morgan fingerprint density at radius 3 is 2.32 bits per heavy atom. The van der Waals surface area contributed by atoms with Crippen molar-refractivity contribution in [2.75, 3.05) is 26.3 Å². The number of nitrogens with zero attached hydrogens (tertiary/aromatic N) is 2. The van der Waals surface area contributed by atoms with Crippen molar-refractivity contribution >= 4 is 11.6 Å². The summed E-state index contributed by atoms with van der Waals surface area (Å²) in [5.41, 5.74) is 0.816. The summed E-state index contributed by atoms with van der Waals surface area (Å²) in [7, 11) is 0. The molecule has 1 aromatic carbocycles. The number of hydrogen-bond acceptors (Lipinski definition) is 5. The average molecular weight is 306 g/mol. The molecule has 1 aromatic rings. The van der Waals surface area contributed by atoms with E-state index >= 15 is 0 Å². The van der Waals surface area contributed by atoms with Crippen LogP contribution in [-0.2, 0) is 20.7 Å². The Bertz CT molecular complexity index is 556. The van der Waals surface area contributed by atoms with Gasteiger partial charge in [-0.15, -0.1) is 0 Å². The number of ether oxygens (including phenoxy) is 2. The second-order valence-corrected chi connectivity index (χ2v) is 5.59. The predicted molar refractivity (Wildman–Crippen MR) is 77.2 cm³/mol. The van der Waals surface area contributed by atoms with Gasteiger partial charge in [0.25, 0.3) is 5.69 Å². The topological polar surface area (TPSA) is 81.9 Å². The number of hydrogen-bond donors (Lipinski definition) is 0. The smallest absolute Gasteiger partial charge is 0.269 e. The van der Waals surface area contributed by atoms with Crippen molar-refractivity contribution in [1.29, 1.82) is 0 Å². The number of piperidine rings is 1. The van der Waals surface area contributed by atoms with Crippen LogP contribution in [0.2, 0.25) is 0 Å². The highest BCUT2D eigenvalue weighted by Gasteiger charge is 2.40. The van der Waals surface area contributed by atoms with Crippen molar-refractivity contribution < 1.29 is 19.2 Å². The molecule has 2 heterocycles. The lowest BCUT2D eigenvalue weighted by molar-refractivity contribution is -0.384. The summed E-state index contributed by atoms with van der Waals surface area (Å²) in [4.78, 5) is 24.3. The van der Waals surface area contributed by atoms with Crippen LogP contribution in [0.1, 0.15) is 18.4 Å². The normalized spacial score (nSPS) is 20.3.